The zero-order valence-corrected chi connectivity index (χ0v) is 22.5. The number of rotatable bonds is 5. The van der Waals surface area contributed by atoms with Gasteiger partial charge in [-0.2, -0.15) is 0 Å². The molecule has 11 heteroatoms. The van der Waals surface area contributed by atoms with Crippen molar-refractivity contribution in [2.75, 3.05) is 72.4 Å². The minimum absolute atomic E-state index is 0.164. The van der Waals surface area contributed by atoms with Crippen molar-refractivity contribution in [3.05, 3.63) is 65.2 Å². The van der Waals surface area contributed by atoms with Crippen molar-refractivity contribution in [3.8, 4) is 0 Å². The van der Waals surface area contributed by atoms with Gasteiger partial charge in [0.05, 0.1) is 51.0 Å². The molecule has 0 amide bonds. The second-order valence-corrected chi connectivity index (χ2v) is 11.9. The minimum Gasteiger partial charge on any atom is -0.405 e. The lowest BCUT2D eigenvalue weighted by Gasteiger charge is -2.40. The highest BCUT2D eigenvalue weighted by molar-refractivity contribution is 7.54. The van der Waals surface area contributed by atoms with E-state index in [2.05, 4.69) is 0 Å². The maximum absolute atomic E-state index is 14.6. The Hall–Kier alpha value is -2.43. The van der Waals surface area contributed by atoms with Crippen LogP contribution in [0.25, 0.3) is 0 Å². The molecule has 38 heavy (non-hydrogen) atoms. The van der Waals surface area contributed by atoms with Crippen molar-refractivity contribution in [2.45, 2.75) is 12.7 Å². The van der Waals surface area contributed by atoms with E-state index in [0.29, 0.717) is 77.4 Å². The molecule has 0 bridgehead atoms. The third-order valence-electron chi connectivity index (χ3n) is 7.19. The lowest BCUT2D eigenvalue weighted by atomic mass is 9.96. The van der Waals surface area contributed by atoms with Crippen LogP contribution < -0.4 is 0 Å². The van der Waals surface area contributed by atoms with Gasteiger partial charge < -0.3 is 23.5 Å². The Balaban J connectivity index is 1.39. The highest BCUT2D eigenvalue weighted by Crippen LogP contribution is 2.55. The zero-order chi connectivity index (χ0) is 26.0. The van der Waals surface area contributed by atoms with Crippen LogP contribution in [0.3, 0.4) is 0 Å². The largest absolute Gasteiger partial charge is 0.405 e. The van der Waals surface area contributed by atoms with Crippen LogP contribution in [-0.2, 0) is 33.8 Å². The van der Waals surface area contributed by atoms with Gasteiger partial charge in [0, 0.05) is 42.9 Å². The van der Waals surface area contributed by atoms with Gasteiger partial charge >= 0.3 is 7.67 Å². The van der Waals surface area contributed by atoms with Gasteiger partial charge in [-0.25, -0.2) is 18.9 Å². The number of benzene rings is 2. The average molecular weight is 541 g/mol. The molecule has 0 aromatic heterocycles. The van der Waals surface area contributed by atoms with Crippen molar-refractivity contribution < 1.29 is 28.0 Å². The number of aliphatic imine (C=N–C) groups is 2. The minimum atomic E-state index is -3.43. The SMILES string of the molecule is CC1(c2ccc3c(c2)C(c2ccccc2)=NCC(OP(=O)(N2CCOCC2)N2CCOCC2)=N3)OCCO1. The molecule has 0 saturated carbocycles. The summed E-state index contributed by atoms with van der Waals surface area (Å²) < 4.78 is 47.7. The molecule has 2 aromatic rings. The lowest BCUT2D eigenvalue weighted by molar-refractivity contribution is -0.149. The highest BCUT2D eigenvalue weighted by Gasteiger charge is 2.43. The summed E-state index contributed by atoms with van der Waals surface area (Å²) in [5.74, 6) is -0.500. The van der Waals surface area contributed by atoms with Gasteiger partial charge in [0.15, 0.2) is 5.79 Å². The standard InChI is InChI=1S/C27H33N4O6P/c1-27(35-17-18-36-27)22-7-8-24-23(19-22)26(21-5-3-2-4-6-21)28-20-25(29-24)37-38(32,30-9-13-33-14-10-30)31-11-15-34-16-12-31/h2-8,19H,9-18,20H2,1H3. The third kappa shape index (κ3) is 5.10. The second kappa shape index (κ2) is 11.0. The number of ether oxygens (including phenoxy) is 4. The summed E-state index contributed by atoms with van der Waals surface area (Å²) in [4.78, 5) is 9.84. The first-order chi connectivity index (χ1) is 18.6. The molecule has 3 saturated heterocycles. The van der Waals surface area contributed by atoms with Crippen LogP contribution in [0.1, 0.15) is 23.6 Å². The topological polar surface area (TPSA) is 94.4 Å². The monoisotopic (exact) mass is 540 g/mol. The van der Waals surface area contributed by atoms with E-state index in [1.807, 2.05) is 64.8 Å². The smallest absolute Gasteiger partial charge is 0.397 e. The number of fused-ring (bicyclic) bond motifs is 1. The molecule has 3 fully saturated rings. The summed E-state index contributed by atoms with van der Waals surface area (Å²) in [5.41, 5.74) is 4.19. The molecule has 0 radical (unpaired) electrons. The van der Waals surface area contributed by atoms with E-state index in [1.54, 1.807) is 0 Å². The van der Waals surface area contributed by atoms with Gasteiger partial charge in [-0.15, -0.1) is 0 Å². The molecule has 0 N–H and O–H groups in total. The second-order valence-electron chi connectivity index (χ2n) is 9.62. The van der Waals surface area contributed by atoms with Crippen molar-refractivity contribution in [1.29, 1.82) is 0 Å². The molecule has 4 heterocycles. The number of hydrogen-bond acceptors (Lipinski definition) is 8. The molecule has 6 rings (SSSR count). The number of hydrogen-bond donors (Lipinski definition) is 0. The molecule has 0 spiro atoms. The van der Waals surface area contributed by atoms with Crippen LogP contribution in [0.2, 0.25) is 0 Å². The van der Waals surface area contributed by atoms with Crippen molar-refractivity contribution in [3.63, 3.8) is 0 Å². The van der Waals surface area contributed by atoms with Gasteiger partial charge in [0.25, 0.3) is 0 Å². The van der Waals surface area contributed by atoms with E-state index in [0.717, 1.165) is 22.4 Å². The Labute approximate surface area is 222 Å². The molecule has 202 valence electrons. The molecule has 10 nitrogen and oxygen atoms in total. The number of morpholine rings is 2. The van der Waals surface area contributed by atoms with E-state index in [-0.39, 0.29) is 6.54 Å². The van der Waals surface area contributed by atoms with Gasteiger partial charge in [-0.3, -0.25) is 4.99 Å². The van der Waals surface area contributed by atoms with Crippen molar-refractivity contribution in [2.24, 2.45) is 9.98 Å². The normalized spacial score (nSPS) is 22.8. The maximum Gasteiger partial charge on any atom is 0.397 e. The number of nitrogens with zero attached hydrogens (tertiary/aromatic N) is 4. The molecule has 4 aliphatic heterocycles. The summed E-state index contributed by atoms with van der Waals surface area (Å²) in [6.07, 6.45) is 0. The molecule has 4 aliphatic rings. The van der Waals surface area contributed by atoms with Crippen LogP contribution in [0, 0.1) is 0 Å². The first-order valence-corrected chi connectivity index (χ1v) is 14.6. The van der Waals surface area contributed by atoms with Gasteiger partial charge in [0.1, 0.15) is 6.54 Å². The van der Waals surface area contributed by atoms with Crippen LogP contribution in [0.5, 0.6) is 0 Å². The predicted octanol–water partition coefficient (Wildman–Crippen LogP) is 3.58. The fraction of sp³-hybridized carbons (Fsp3) is 0.481. The van der Waals surface area contributed by atoms with Crippen LogP contribution >= 0.6 is 7.67 Å². The van der Waals surface area contributed by atoms with E-state index < -0.39 is 13.5 Å². The van der Waals surface area contributed by atoms with Gasteiger partial charge in [-0.1, -0.05) is 36.4 Å². The Kier molecular flexibility index (Phi) is 7.46. The zero-order valence-electron chi connectivity index (χ0n) is 21.6. The fourth-order valence-corrected chi connectivity index (χ4v) is 7.42. The van der Waals surface area contributed by atoms with Crippen molar-refractivity contribution in [1.82, 2.24) is 9.34 Å². The van der Waals surface area contributed by atoms with E-state index in [1.165, 1.54) is 0 Å². The highest BCUT2D eigenvalue weighted by atomic mass is 31.2. The van der Waals surface area contributed by atoms with E-state index in [9.17, 15) is 4.57 Å². The quantitative estimate of drug-likeness (QED) is 0.532. The Bertz CT molecular complexity index is 1230. The fourth-order valence-electron chi connectivity index (χ4n) is 5.13. The Morgan fingerprint density at radius 3 is 2.13 bits per heavy atom. The molecule has 0 aliphatic carbocycles. The Morgan fingerprint density at radius 2 is 1.50 bits per heavy atom. The third-order valence-corrected chi connectivity index (χ3v) is 9.87. The summed E-state index contributed by atoms with van der Waals surface area (Å²) in [6.45, 7) is 7.32. The van der Waals surface area contributed by atoms with Gasteiger partial charge in [-0.05, 0) is 19.1 Å². The molecule has 0 unspecified atom stereocenters. The molecule has 0 atom stereocenters. The van der Waals surface area contributed by atoms with Crippen LogP contribution in [0.15, 0.2) is 58.5 Å². The van der Waals surface area contributed by atoms with E-state index >= 15 is 0 Å². The predicted molar refractivity (Wildman–Crippen MR) is 143 cm³/mol. The Morgan fingerprint density at radius 1 is 0.868 bits per heavy atom. The summed E-state index contributed by atoms with van der Waals surface area (Å²) in [5, 5.41) is 0. The van der Waals surface area contributed by atoms with Crippen molar-refractivity contribution >= 4 is 25.0 Å². The lowest BCUT2D eigenvalue weighted by Crippen LogP contribution is -2.44. The molecular weight excluding hydrogens is 507 g/mol. The molecular formula is C27H33N4O6P. The van der Waals surface area contributed by atoms with Gasteiger partial charge in [0.2, 0.25) is 5.90 Å². The first-order valence-electron chi connectivity index (χ1n) is 13.1. The molecule has 2 aromatic carbocycles. The van der Waals surface area contributed by atoms with Crippen LogP contribution in [-0.4, -0.2) is 93.3 Å². The van der Waals surface area contributed by atoms with E-state index in [4.69, 9.17) is 33.5 Å². The summed E-state index contributed by atoms with van der Waals surface area (Å²) in [6, 6.07) is 15.9. The average Bonchev–Trinajstić information content (AvgIpc) is 3.34. The maximum atomic E-state index is 14.6. The van der Waals surface area contributed by atoms with Crippen LogP contribution in [0.4, 0.5) is 5.69 Å². The summed E-state index contributed by atoms with van der Waals surface area (Å²) >= 11 is 0. The first kappa shape index (κ1) is 25.8. The summed E-state index contributed by atoms with van der Waals surface area (Å²) in [7, 11) is -3.43.